The first-order chi connectivity index (χ1) is 17.4. The molecule has 2 aromatic carbocycles. The highest BCUT2D eigenvalue weighted by Crippen LogP contribution is 2.35. The number of aromatic nitrogens is 4. The normalized spacial score (nSPS) is 10.9. The lowest BCUT2D eigenvalue weighted by Gasteiger charge is -2.14. The van der Waals surface area contributed by atoms with Crippen molar-refractivity contribution in [2.75, 3.05) is 6.61 Å². The standard InChI is InChI=1S/C26H16ClN5O4/c27-17-3-4-23(19(10-17)16-8-15-2-1-5-29-24(15)21(9-16)26(34)35)36-7-6-32-14-31-22-13-30-18(12-28)11-20(22)25(32)33/h1-5,8-11,13-14H,6-7H2,(H,34,35). The molecule has 3 aromatic heterocycles. The molecule has 5 aromatic rings. The van der Waals surface area contributed by atoms with Crippen molar-refractivity contribution in [1.29, 1.82) is 5.26 Å². The molecule has 0 aliphatic heterocycles. The number of halogens is 1. The number of hydrogen-bond donors (Lipinski definition) is 1. The van der Waals surface area contributed by atoms with E-state index in [0.29, 0.717) is 43.7 Å². The van der Waals surface area contributed by atoms with Crippen LogP contribution in [0.1, 0.15) is 16.1 Å². The Hall–Kier alpha value is -4.81. The summed E-state index contributed by atoms with van der Waals surface area (Å²) in [5, 5.41) is 20.2. The van der Waals surface area contributed by atoms with Crippen LogP contribution in [-0.4, -0.2) is 37.2 Å². The summed E-state index contributed by atoms with van der Waals surface area (Å²) in [4.78, 5) is 37.1. The van der Waals surface area contributed by atoms with Gasteiger partial charge in [-0.05, 0) is 48.0 Å². The number of carboxylic acid groups (broad SMARTS) is 1. The molecule has 0 spiro atoms. The first kappa shape index (κ1) is 23.0. The van der Waals surface area contributed by atoms with Gasteiger partial charge in [-0.3, -0.25) is 14.3 Å². The summed E-state index contributed by atoms with van der Waals surface area (Å²) in [6.07, 6.45) is 4.34. The van der Waals surface area contributed by atoms with E-state index in [1.165, 1.54) is 29.2 Å². The van der Waals surface area contributed by atoms with Gasteiger partial charge in [0.25, 0.3) is 5.56 Å². The lowest BCUT2D eigenvalue weighted by Crippen LogP contribution is -2.23. The van der Waals surface area contributed by atoms with E-state index >= 15 is 0 Å². The highest BCUT2D eigenvalue weighted by molar-refractivity contribution is 6.31. The van der Waals surface area contributed by atoms with Crippen LogP contribution < -0.4 is 10.3 Å². The zero-order chi connectivity index (χ0) is 25.2. The van der Waals surface area contributed by atoms with Crippen LogP contribution in [0.3, 0.4) is 0 Å². The van der Waals surface area contributed by atoms with Gasteiger partial charge in [-0.2, -0.15) is 5.26 Å². The summed E-state index contributed by atoms with van der Waals surface area (Å²) in [5.74, 6) is -0.625. The number of ether oxygens (including phenoxy) is 1. The van der Waals surface area contributed by atoms with Gasteiger partial charge >= 0.3 is 5.97 Å². The largest absolute Gasteiger partial charge is 0.491 e. The Morgan fingerprint density at radius 2 is 2.00 bits per heavy atom. The molecule has 0 radical (unpaired) electrons. The number of carboxylic acids is 1. The highest BCUT2D eigenvalue weighted by Gasteiger charge is 2.16. The van der Waals surface area contributed by atoms with Crippen LogP contribution in [0, 0.1) is 11.3 Å². The Morgan fingerprint density at radius 1 is 1.14 bits per heavy atom. The van der Waals surface area contributed by atoms with Crippen LogP contribution in [0.15, 0.2) is 72.0 Å². The highest BCUT2D eigenvalue weighted by atomic mass is 35.5. The Kier molecular flexibility index (Phi) is 6.02. The first-order valence-corrected chi connectivity index (χ1v) is 11.1. The third-order valence-electron chi connectivity index (χ3n) is 5.60. The number of aromatic carboxylic acids is 1. The van der Waals surface area contributed by atoms with Crippen molar-refractivity contribution < 1.29 is 14.6 Å². The van der Waals surface area contributed by atoms with Gasteiger partial charge in [0.1, 0.15) is 24.1 Å². The number of benzene rings is 2. The molecular weight excluding hydrogens is 482 g/mol. The second-order valence-electron chi connectivity index (χ2n) is 7.83. The van der Waals surface area contributed by atoms with E-state index in [9.17, 15) is 14.7 Å². The number of rotatable bonds is 6. The van der Waals surface area contributed by atoms with E-state index in [4.69, 9.17) is 21.6 Å². The summed E-state index contributed by atoms with van der Waals surface area (Å²) in [6, 6.07) is 15.3. The molecule has 0 unspecified atom stereocenters. The van der Waals surface area contributed by atoms with Gasteiger partial charge < -0.3 is 9.84 Å². The Balaban J connectivity index is 1.46. The van der Waals surface area contributed by atoms with Gasteiger partial charge in [-0.15, -0.1) is 0 Å². The van der Waals surface area contributed by atoms with Crippen molar-refractivity contribution in [3.05, 3.63) is 93.9 Å². The smallest absolute Gasteiger partial charge is 0.337 e. The topological polar surface area (TPSA) is 131 Å². The molecule has 0 saturated heterocycles. The van der Waals surface area contributed by atoms with Crippen molar-refractivity contribution in [1.82, 2.24) is 19.5 Å². The number of nitriles is 1. The molecule has 0 saturated carbocycles. The SMILES string of the molecule is N#Cc1cc2c(=O)n(CCOc3ccc(Cl)cc3-c3cc(C(=O)O)c4ncccc4c3)cnc2cn1. The van der Waals surface area contributed by atoms with Crippen molar-refractivity contribution >= 4 is 39.4 Å². The average molecular weight is 498 g/mol. The molecule has 0 aliphatic carbocycles. The van der Waals surface area contributed by atoms with E-state index in [1.54, 1.807) is 36.5 Å². The molecule has 0 bridgehead atoms. The van der Waals surface area contributed by atoms with E-state index in [-0.39, 0.29) is 30.0 Å². The number of fused-ring (bicyclic) bond motifs is 2. The van der Waals surface area contributed by atoms with Crippen molar-refractivity contribution in [3.63, 3.8) is 0 Å². The molecule has 0 fully saturated rings. The van der Waals surface area contributed by atoms with E-state index < -0.39 is 5.97 Å². The number of hydrogen-bond acceptors (Lipinski definition) is 7. The van der Waals surface area contributed by atoms with Crippen LogP contribution in [0.5, 0.6) is 5.75 Å². The van der Waals surface area contributed by atoms with Crippen LogP contribution in [-0.2, 0) is 6.54 Å². The van der Waals surface area contributed by atoms with Gasteiger partial charge in [-0.1, -0.05) is 17.7 Å². The van der Waals surface area contributed by atoms with Gasteiger partial charge in [0, 0.05) is 22.2 Å². The molecule has 0 amide bonds. The summed E-state index contributed by atoms with van der Waals surface area (Å²) in [6.45, 7) is 0.314. The minimum Gasteiger partial charge on any atom is -0.491 e. The maximum absolute atomic E-state index is 12.8. The molecule has 1 N–H and O–H groups in total. The zero-order valence-electron chi connectivity index (χ0n) is 18.6. The van der Waals surface area contributed by atoms with Crippen molar-refractivity contribution in [3.8, 4) is 22.9 Å². The van der Waals surface area contributed by atoms with Crippen LogP contribution in [0.4, 0.5) is 0 Å². The van der Waals surface area contributed by atoms with Crippen molar-refractivity contribution in [2.24, 2.45) is 0 Å². The zero-order valence-corrected chi connectivity index (χ0v) is 19.3. The minimum atomic E-state index is -1.09. The summed E-state index contributed by atoms with van der Waals surface area (Å²) >= 11 is 6.25. The summed E-state index contributed by atoms with van der Waals surface area (Å²) in [7, 11) is 0. The van der Waals surface area contributed by atoms with Crippen LogP contribution >= 0.6 is 11.6 Å². The fourth-order valence-corrected chi connectivity index (χ4v) is 4.07. The Labute approximate surface area is 208 Å². The van der Waals surface area contributed by atoms with Crippen molar-refractivity contribution in [2.45, 2.75) is 6.54 Å². The monoisotopic (exact) mass is 497 g/mol. The van der Waals surface area contributed by atoms with Gasteiger partial charge in [0.05, 0.1) is 41.1 Å². The number of nitrogens with zero attached hydrogens (tertiary/aromatic N) is 5. The summed E-state index contributed by atoms with van der Waals surface area (Å²) in [5.41, 5.74) is 1.87. The van der Waals surface area contributed by atoms with E-state index in [2.05, 4.69) is 15.0 Å². The van der Waals surface area contributed by atoms with Gasteiger partial charge in [0.2, 0.25) is 0 Å². The molecular formula is C26H16ClN5O4. The fourth-order valence-electron chi connectivity index (χ4n) is 3.90. The van der Waals surface area contributed by atoms with E-state index in [0.717, 1.165) is 0 Å². The average Bonchev–Trinajstić information content (AvgIpc) is 2.89. The molecule has 0 aliphatic rings. The summed E-state index contributed by atoms with van der Waals surface area (Å²) < 4.78 is 7.39. The third kappa shape index (κ3) is 4.33. The molecule has 0 atom stereocenters. The molecule has 176 valence electrons. The molecule has 5 rings (SSSR count). The third-order valence-corrected chi connectivity index (χ3v) is 5.84. The van der Waals surface area contributed by atoms with Crippen LogP contribution in [0.2, 0.25) is 5.02 Å². The quantitative estimate of drug-likeness (QED) is 0.367. The second-order valence-corrected chi connectivity index (χ2v) is 8.27. The number of pyridine rings is 2. The lowest BCUT2D eigenvalue weighted by atomic mass is 9.98. The molecule has 9 nitrogen and oxygen atoms in total. The maximum Gasteiger partial charge on any atom is 0.337 e. The van der Waals surface area contributed by atoms with Gasteiger partial charge in [-0.25, -0.2) is 14.8 Å². The molecule has 3 heterocycles. The Morgan fingerprint density at radius 3 is 2.81 bits per heavy atom. The Bertz CT molecular complexity index is 1760. The second kappa shape index (κ2) is 9.44. The predicted molar refractivity (Wildman–Crippen MR) is 133 cm³/mol. The van der Waals surface area contributed by atoms with E-state index in [1.807, 2.05) is 12.1 Å². The molecule has 36 heavy (non-hydrogen) atoms. The maximum atomic E-state index is 12.8. The van der Waals surface area contributed by atoms with Gasteiger partial charge in [0.15, 0.2) is 0 Å². The minimum absolute atomic E-state index is 0.0639. The predicted octanol–water partition coefficient (Wildman–Crippen LogP) is 4.31. The number of carbonyl (C=O) groups is 1. The van der Waals surface area contributed by atoms with Crippen LogP contribution in [0.25, 0.3) is 32.9 Å². The first-order valence-electron chi connectivity index (χ1n) is 10.7. The fraction of sp³-hybridized carbons (Fsp3) is 0.0769. The molecule has 10 heteroatoms. The lowest BCUT2D eigenvalue weighted by molar-refractivity contribution is 0.0699.